The van der Waals surface area contributed by atoms with Crippen molar-refractivity contribution in [3.8, 4) is 11.5 Å². The van der Waals surface area contributed by atoms with Crippen molar-refractivity contribution < 1.29 is 23.8 Å². The maximum Gasteiger partial charge on any atom is 0.254 e. The van der Waals surface area contributed by atoms with E-state index < -0.39 is 5.41 Å². The lowest BCUT2D eigenvalue weighted by molar-refractivity contribution is -0.148. The van der Waals surface area contributed by atoms with Crippen molar-refractivity contribution in [2.24, 2.45) is 11.1 Å². The van der Waals surface area contributed by atoms with Gasteiger partial charge in [0, 0.05) is 51.5 Å². The van der Waals surface area contributed by atoms with Crippen LogP contribution in [0, 0.1) is 5.41 Å². The zero-order chi connectivity index (χ0) is 20.1. The number of nitrogens with zero attached hydrogens (tertiary/aromatic N) is 2. The smallest absolute Gasteiger partial charge is 0.254 e. The highest BCUT2D eigenvalue weighted by Gasteiger charge is 2.42. The van der Waals surface area contributed by atoms with Gasteiger partial charge in [0.1, 0.15) is 0 Å². The first-order valence-electron chi connectivity index (χ1n) is 9.63. The number of hydrogen-bond acceptors (Lipinski definition) is 6. The fraction of sp³-hybridized carbons (Fsp3) is 0.600. The molecule has 2 aliphatic heterocycles. The summed E-state index contributed by atoms with van der Waals surface area (Å²) in [6.07, 6.45) is 1.32. The van der Waals surface area contributed by atoms with Crippen LogP contribution in [0.5, 0.6) is 11.5 Å². The molecule has 0 atom stereocenters. The quantitative estimate of drug-likeness (QED) is 0.757. The van der Waals surface area contributed by atoms with Crippen LogP contribution in [0.2, 0.25) is 0 Å². The van der Waals surface area contributed by atoms with Crippen LogP contribution in [-0.4, -0.2) is 81.8 Å². The summed E-state index contributed by atoms with van der Waals surface area (Å²) in [5.41, 5.74) is 5.98. The first kappa shape index (κ1) is 23.3. The molecule has 0 bridgehead atoms. The Bertz CT molecular complexity index is 716. The number of piperazine rings is 1. The Morgan fingerprint density at radius 3 is 2.17 bits per heavy atom. The maximum atomic E-state index is 13.1. The Morgan fingerprint density at radius 1 is 1.03 bits per heavy atom. The van der Waals surface area contributed by atoms with E-state index in [4.69, 9.17) is 19.9 Å². The second kappa shape index (κ2) is 10.1. The molecule has 2 fully saturated rings. The number of nitrogens with two attached hydrogens (primary N) is 1. The third-order valence-electron chi connectivity index (χ3n) is 5.78. The largest absolute Gasteiger partial charge is 0.493 e. The molecule has 8 nitrogen and oxygen atoms in total. The molecule has 3 rings (SSSR count). The van der Waals surface area contributed by atoms with Gasteiger partial charge in [0.2, 0.25) is 5.91 Å². The SMILES string of the molecule is COc1ccc(C(=O)N2CCN(C(=O)C3(CN)CCOCC3)CC2)cc1OC.Cl. The molecule has 2 saturated heterocycles. The second-order valence-corrected chi connectivity index (χ2v) is 7.25. The third kappa shape index (κ3) is 4.76. The molecular formula is C20H30ClN3O5. The molecule has 9 heteroatoms. The molecule has 0 spiro atoms. The highest BCUT2D eigenvalue weighted by atomic mass is 35.5. The van der Waals surface area contributed by atoms with Gasteiger partial charge in [-0.2, -0.15) is 0 Å². The highest BCUT2D eigenvalue weighted by Crippen LogP contribution is 2.32. The maximum absolute atomic E-state index is 13.1. The molecule has 162 valence electrons. The van der Waals surface area contributed by atoms with Gasteiger partial charge in [0.15, 0.2) is 11.5 Å². The number of benzene rings is 1. The number of amides is 2. The molecule has 29 heavy (non-hydrogen) atoms. The Labute approximate surface area is 177 Å². The lowest BCUT2D eigenvalue weighted by atomic mass is 9.78. The highest BCUT2D eigenvalue weighted by molar-refractivity contribution is 5.95. The minimum Gasteiger partial charge on any atom is -0.493 e. The van der Waals surface area contributed by atoms with Crippen molar-refractivity contribution in [2.45, 2.75) is 12.8 Å². The van der Waals surface area contributed by atoms with Gasteiger partial charge in [0.05, 0.1) is 19.6 Å². The van der Waals surface area contributed by atoms with Crippen LogP contribution < -0.4 is 15.2 Å². The minimum absolute atomic E-state index is 0. The average molecular weight is 428 g/mol. The Balaban J connectivity index is 0.00000300. The van der Waals surface area contributed by atoms with Crippen molar-refractivity contribution >= 4 is 24.2 Å². The van der Waals surface area contributed by atoms with Crippen molar-refractivity contribution in [2.75, 3.05) is 60.2 Å². The van der Waals surface area contributed by atoms with Crippen LogP contribution in [0.3, 0.4) is 0 Å². The standard InChI is InChI=1S/C20H29N3O5.ClH/c1-26-16-4-3-15(13-17(16)27-2)18(24)22-7-9-23(10-8-22)19(25)20(14-21)5-11-28-12-6-20;/h3-4,13H,5-12,14,21H2,1-2H3;1H. The minimum atomic E-state index is -0.520. The van der Waals surface area contributed by atoms with E-state index in [1.165, 1.54) is 0 Å². The molecular weight excluding hydrogens is 398 g/mol. The van der Waals surface area contributed by atoms with Crippen LogP contribution in [0.25, 0.3) is 0 Å². The molecule has 2 aliphatic rings. The zero-order valence-corrected chi connectivity index (χ0v) is 17.8. The first-order valence-corrected chi connectivity index (χ1v) is 9.63. The Morgan fingerprint density at radius 2 is 1.62 bits per heavy atom. The molecule has 0 aliphatic carbocycles. The molecule has 0 saturated carbocycles. The van der Waals surface area contributed by atoms with E-state index in [2.05, 4.69) is 0 Å². The van der Waals surface area contributed by atoms with E-state index >= 15 is 0 Å². The molecule has 2 amide bonds. The second-order valence-electron chi connectivity index (χ2n) is 7.25. The van der Waals surface area contributed by atoms with Crippen LogP contribution in [-0.2, 0) is 9.53 Å². The number of methoxy groups -OCH3 is 2. The molecule has 1 aromatic rings. The molecule has 0 radical (unpaired) electrons. The van der Waals surface area contributed by atoms with Gasteiger partial charge in [-0.05, 0) is 31.0 Å². The van der Waals surface area contributed by atoms with E-state index in [-0.39, 0.29) is 24.2 Å². The van der Waals surface area contributed by atoms with E-state index in [0.29, 0.717) is 75.8 Å². The topological polar surface area (TPSA) is 94.3 Å². The number of hydrogen-bond donors (Lipinski definition) is 1. The molecule has 0 aromatic heterocycles. The first-order chi connectivity index (χ1) is 13.5. The van der Waals surface area contributed by atoms with Crippen molar-refractivity contribution in [3.63, 3.8) is 0 Å². The molecule has 1 aromatic carbocycles. The van der Waals surface area contributed by atoms with E-state index in [9.17, 15) is 9.59 Å². The summed E-state index contributed by atoms with van der Waals surface area (Å²) in [6, 6.07) is 5.14. The summed E-state index contributed by atoms with van der Waals surface area (Å²) < 4.78 is 15.9. The van der Waals surface area contributed by atoms with E-state index in [0.717, 1.165) is 0 Å². The van der Waals surface area contributed by atoms with Crippen LogP contribution >= 0.6 is 12.4 Å². The van der Waals surface area contributed by atoms with Crippen LogP contribution in [0.4, 0.5) is 0 Å². The predicted molar refractivity (Wildman–Crippen MR) is 111 cm³/mol. The molecule has 2 N–H and O–H groups in total. The van der Waals surface area contributed by atoms with Crippen molar-refractivity contribution in [1.29, 1.82) is 0 Å². The molecule has 0 unspecified atom stereocenters. The predicted octanol–water partition coefficient (Wildman–Crippen LogP) is 1.17. The number of carbonyl (C=O) groups excluding carboxylic acids is 2. The van der Waals surface area contributed by atoms with Gasteiger partial charge in [-0.25, -0.2) is 0 Å². The summed E-state index contributed by atoms with van der Waals surface area (Å²) >= 11 is 0. The lowest BCUT2D eigenvalue weighted by Crippen LogP contribution is -2.57. The normalized spacial score (nSPS) is 18.6. The van der Waals surface area contributed by atoms with Gasteiger partial charge in [-0.1, -0.05) is 0 Å². The fourth-order valence-corrected chi connectivity index (χ4v) is 3.87. The van der Waals surface area contributed by atoms with Crippen LogP contribution in [0.15, 0.2) is 18.2 Å². The van der Waals surface area contributed by atoms with E-state index in [1.54, 1.807) is 37.3 Å². The van der Waals surface area contributed by atoms with Crippen LogP contribution in [0.1, 0.15) is 23.2 Å². The Kier molecular flexibility index (Phi) is 8.13. The molecule has 2 heterocycles. The Hall–Kier alpha value is -2.03. The van der Waals surface area contributed by atoms with Gasteiger partial charge >= 0.3 is 0 Å². The van der Waals surface area contributed by atoms with Gasteiger partial charge in [-0.15, -0.1) is 12.4 Å². The van der Waals surface area contributed by atoms with E-state index in [1.807, 2.05) is 4.90 Å². The monoisotopic (exact) mass is 427 g/mol. The number of carbonyl (C=O) groups is 2. The van der Waals surface area contributed by atoms with Gasteiger partial charge in [0.25, 0.3) is 5.91 Å². The zero-order valence-electron chi connectivity index (χ0n) is 17.0. The summed E-state index contributed by atoms with van der Waals surface area (Å²) in [5.74, 6) is 1.12. The number of halogens is 1. The summed E-state index contributed by atoms with van der Waals surface area (Å²) in [7, 11) is 3.10. The van der Waals surface area contributed by atoms with Gasteiger partial charge in [-0.3, -0.25) is 9.59 Å². The number of ether oxygens (including phenoxy) is 3. The lowest BCUT2D eigenvalue weighted by Gasteiger charge is -2.42. The van der Waals surface area contributed by atoms with Crippen molar-refractivity contribution in [1.82, 2.24) is 9.80 Å². The fourth-order valence-electron chi connectivity index (χ4n) is 3.87. The van der Waals surface area contributed by atoms with Crippen molar-refractivity contribution in [3.05, 3.63) is 23.8 Å². The number of rotatable bonds is 5. The average Bonchev–Trinajstić information content (AvgIpc) is 2.78. The summed E-state index contributed by atoms with van der Waals surface area (Å²) in [5, 5.41) is 0. The summed E-state index contributed by atoms with van der Waals surface area (Å²) in [4.78, 5) is 29.5. The summed E-state index contributed by atoms with van der Waals surface area (Å²) in [6.45, 7) is 3.49. The van der Waals surface area contributed by atoms with Gasteiger partial charge < -0.3 is 29.7 Å². The third-order valence-corrected chi connectivity index (χ3v) is 5.78.